The van der Waals surface area contributed by atoms with Crippen molar-refractivity contribution >= 4 is 5.91 Å². The molecule has 1 aromatic heterocycles. The van der Waals surface area contributed by atoms with Gasteiger partial charge in [0.25, 0.3) is 5.91 Å². The van der Waals surface area contributed by atoms with Gasteiger partial charge in [-0.15, -0.1) is 0 Å². The van der Waals surface area contributed by atoms with E-state index in [0.717, 1.165) is 6.54 Å². The van der Waals surface area contributed by atoms with Crippen LogP contribution in [0.3, 0.4) is 0 Å². The molecule has 0 spiro atoms. The number of carbonyl (C=O) groups excluding carboxylic acids is 1. The third kappa shape index (κ3) is 2.65. The zero-order chi connectivity index (χ0) is 12.5. The summed E-state index contributed by atoms with van der Waals surface area (Å²) in [5.41, 5.74) is 0.440. The smallest absolute Gasteiger partial charge is 0.254 e. The van der Waals surface area contributed by atoms with Gasteiger partial charge in [0.15, 0.2) is 0 Å². The molecule has 0 radical (unpaired) electrons. The van der Waals surface area contributed by atoms with E-state index in [-0.39, 0.29) is 12.5 Å². The summed E-state index contributed by atoms with van der Waals surface area (Å²) in [5.74, 6) is -0.184. The molecule has 1 aromatic rings. The van der Waals surface area contributed by atoms with Crippen molar-refractivity contribution in [2.45, 2.75) is 18.9 Å². The molecule has 3 N–H and O–H groups in total. The highest BCUT2D eigenvalue weighted by Gasteiger charge is 2.31. The van der Waals surface area contributed by atoms with Gasteiger partial charge in [0, 0.05) is 26.3 Å². The third-order valence-electron chi connectivity index (χ3n) is 3.06. The van der Waals surface area contributed by atoms with Crippen molar-refractivity contribution < 1.29 is 9.90 Å². The average molecular weight is 238 g/mol. The molecule has 0 aromatic carbocycles. The Bertz CT molecular complexity index is 421. The van der Waals surface area contributed by atoms with Crippen LogP contribution < -0.4 is 10.6 Å². The fraction of sp³-hybridized carbons (Fsp3) is 0.636. The second-order valence-corrected chi connectivity index (χ2v) is 4.64. The van der Waals surface area contributed by atoms with E-state index in [0.29, 0.717) is 24.2 Å². The molecular weight excluding hydrogens is 220 g/mol. The van der Waals surface area contributed by atoms with Crippen LogP contribution in [0.4, 0.5) is 0 Å². The SMILES string of the molecule is Cc1nn(C)cc1C(=O)NCC1(O)CCNC1. The minimum absolute atomic E-state index is 0.184. The number of aromatic nitrogens is 2. The Kier molecular flexibility index (Phi) is 3.17. The van der Waals surface area contributed by atoms with Crippen LogP contribution in [-0.4, -0.2) is 46.0 Å². The summed E-state index contributed by atoms with van der Waals surface area (Å²) < 4.78 is 1.61. The van der Waals surface area contributed by atoms with Crippen molar-refractivity contribution in [3.05, 3.63) is 17.5 Å². The molecule has 1 fully saturated rings. The van der Waals surface area contributed by atoms with E-state index in [9.17, 15) is 9.90 Å². The van der Waals surface area contributed by atoms with E-state index >= 15 is 0 Å². The van der Waals surface area contributed by atoms with Crippen LogP contribution in [0.5, 0.6) is 0 Å². The zero-order valence-corrected chi connectivity index (χ0v) is 10.2. The number of rotatable bonds is 3. The summed E-state index contributed by atoms with van der Waals surface area (Å²) in [7, 11) is 1.78. The number of nitrogens with zero attached hydrogens (tertiary/aromatic N) is 2. The molecule has 2 heterocycles. The Balaban J connectivity index is 1.95. The molecule has 1 saturated heterocycles. The van der Waals surface area contributed by atoms with Gasteiger partial charge >= 0.3 is 0 Å². The Labute approximate surface area is 100 Å². The lowest BCUT2D eigenvalue weighted by Crippen LogP contribution is -2.44. The zero-order valence-electron chi connectivity index (χ0n) is 10.2. The minimum Gasteiger partial charge on any atom is -0.387 e. The average Bonchev–Trinajstić information content (AvgIpc) is 2.83. The van der Waals surface area contributed by atoms with E-state index in [1.807, 2.05) is 0 Å². The normalized spacial score (nSPS) is 23.9. The first-order valence-electron chi connectivity index (χ1n) is 5.72. The van der Waals surface area contributed by atoms with Gasteiger partial charge in [-0.2, -0.15) is 5.10 Å². The van der Waals surface area contributed by atoms with E-state index in [2.05, 4.69) is 15.7 Å². The van der Waals surface area contributed by atoms with Crippen molar-refractivity contribution in [1.29, 1.82) is 0 Å². The molecule has 0 bridgehead atoms. The van der Waals surface area contributed by atoms with Crippen molar-refractivity contribution in [2.24, 2.45) is 7.05 Å². The second kappa shape index (κ2) is 4.46. The number of aryl methyl sites for hydroxylation is 2. The maximum absolute atomic E-state index is 11.9. The minimum atomic E-state index is -0.814. The molecule has 0 saturated carbocycles. The molecule has 0 aliphatic carbocycles. The Morgan fingerprint density at radius 2 is 2.53 bits per heavy atom. The fourth-order valence-electron chi connectivity index (χ4n) is 2.04. The standard InChI is InChI=1S/C11H18N4O2/c1-8-9(5-15(2)14-8)10(16)13-7-11(17)3-4-12-6-11/h5,12,17H,3-4,6-7H2,1-2H3,(H,13,16). The van der Waals surface area contributed by atoms with Crippen LogP contribution in [0.2, 0.25) is 0 Å². The summed E-state index contributed by atoms with van der Waals surface area (Å²) in [5, 5.41) is 20.0. The molecule has 1 unspecified atom stereocenters. The third-order valence-corrected chi connectivity index (χ3v) is 3.06. The molecule has 1 aliphatic rings. The Hall–Kier alpha value is -1.40. The molecule has 6 heteroatoms. The summed E-state index contributed by atoms with van der Waals surface area (Å²) in [4.78, 5) is 11.9. The van der Waals surface area contributed by atoms with Gasteiger partial charge < -0.3 is 15.7 Å². The quantitative estimate of drug-likeness (QED) is 0.643. The van der Waals surface area contributed by atoms with Crippen molar-refractivity contribution in [3.63, 3.8) is 0 Å². The van der Waals surface area contributed by atoms with E-state index in [1.54, 1.807) is 24.9 Å². The van der Waals surface area contributed by atoms with Crippen molar-refractivity contribution in [3.8, 4) is 0 Å². The van der Waals surface area contributed by atoms with Crippen molar-refractivity contribution in [2.75, 3.05) is 19.6 Å². The predicted molar refractivity (Wildman–Crippen MR) is 62.7 cm³/mol. The van der Waals surface area contributed by atoms with Gasteiger partial charge in [-0.1, -0.05) is 0 Å². The van der Waals surface area contributed by atoms with Crippen LogP contribution in [-0.2, 0) is 7.05 Å². The van der Waals surface area contributed by atoms with Crippen molar-refractivity contribution in [1.82, 2.24) is 20.4 Å². The monoisotopic (exact) mass is 238 g/mol. The van der Waals surface area contributed by atoms with Crippen LogP contribution >= 0.6 is 0 Å². The van der Waals surface area contributed by atoms with Gasteiger partial charge in [0.2, 0.25) is 0 Å². The highest BCUT2D eigenvalue weighted by Crippen LogP contribution is 2.13. The number of nitrogens with one attached hydrogen (secondary N) is 2. The maximum atomic E-state index is 11.9. The van der Waals surface area contributed by atoms with Crippen LogP contribution in [0.15, 0.2) is 6.20 Å². The molecule has 6 nitrogen and oxygen atoms in total. The predicted octanol–water partition coefficient (Wildman–Crippen LogP) is -0.817. The summed E-state index contributed by atoms with van der Waals surface area (Å²) in [6, 6.07) is 0. The highest BCUT2D eigenvalue weighted by atomic mass is 16.3. The highest BCUT2D eigenvalue weighted by molar-refractivity contribution is 5.95. The van der Waals surface area contributed by atoms with Gasteiger partial charge in [-0.3, -0.25) is 9.48 Å². The largest absolute Gasteiger partial charge is 0.387 e. The van der Waals surface area contributed by atoms with E-state index in [4.69, 9.17) is 0 Å². The lowest BCUT2D eigenvalue weighted by Gasteiger charge is -2.21. The van der Waals surface area contributed by atoms with Crippen LogP contribution in [0, 0.1) is 6.92 Å². The van der Waals surface area contributed by atoms with Crippen LogP contribution in [0.1, 0.15) is 22.5 Å². The first-order chi connectivity index (χ1) is 8.00. The second-order valence-electron chi connectivity index (χ2n) is 4.64. The lowest BCUT2D eigenvalue weighted by molar-refractivity contribution is 0.0561. The molecule has 1 aliphatic heterocycles. The maximum Gasteiger partial charge on any atom is 0.254 e. The molecular formula is C11H18N4O2. The number of hydrogen-bond donors (Lipinski definition) is 3. The number of hydrogen-bond acceptors (Lipinski definition) is 4. The van der Waals surface area contributed by atoms with Gasteiger partial charge in [-0.05, 0) is 19.9 Å². The van der Waals surface area contributed by atoms with E-state index in [1.165, 1.54) is 0 Å². The number of amides is 1. The molecule has 94 valence electrons. The topological polar surface area (TPSA) is 79.2 Å². The summed E-state index contributed by atoms with van der Waals surface area (Å²) >= 11 is 0. The number of aliphatic hydroxyl groups is 1. The van der Waals surface area contributed by atoms with Gasteiger partial charge in [-0.25, -0.2) is 0 Å². The number of carbonyl (C=O) groups is 1. The Morgan fingerprint density at radius 1 is 1.76 bits per heavy atom. The molecule has 2 rings (SSSR count). The molecule has 1 atom stereocenters. The Morgan fingerprint density at radius 3 is 3.06 bits per heavy atom. The first-order valence-corrected chi connectivity index (χ1v) is 5.72. The fourth-order valence-corrected chi connectivity index (χ4v) is 2.04. The van der Waals surface area contributed by atoms with Gasteiger partial charge in [0.05, 0.1) is 16.9 Å². The van der Waals surface area contributed by atoms with Crippen LogP contribution in [0.25, 0.3) is 0 Å². The van der Waals surface area contributed by atoms with Gasteiger partial charge in [0.1, 0.15) is 0 Å². The van der Waals surface area contributed by atoms with E-state index < -0.39 is 5.60 Å². The summed E-state index contributed by atoms with van der Waals surface area (Å²) in [6.45, 7) is 3.38. The first kappa shape index (κ1) is 12.1. The molecule has 1 amide bonds. The lowest BCUT2D eigenvalue weighted by atomic mass is 10.0. The number of β-amino-alcohol motifs (C(OH)–C–C–N with tert-alkyl or cyclic N) is 1. The molecule has 17 heavy (non-hydrogen) atoms. The summed E-state index contributed by atoms with van der Waals surface area (Å²) in [6.07, 6.45) is 2.35.